The molecule has 2 aliphatic rings. The van der Waals surface area contributed by atoms with Gasteiger partial charge in [-0.25, -0.2) is 0 Å². The van der Waals surface area contributed by atoms with Crippen LogP contribution >= 0.6 is 27.3 Å². The largest absolute Gasteiger partial charge is 0.309 e. The van der Waals surface area contributed by atoms with Crippen molar-refractivity contribution >= 4 is 27.3 Å². The first-order valence-corrected chi connectivity index (χ1v) is 9.93. The first-order valence-electron chi connectivity index (χ1n) is 8.26. The molecular formula is C17H27BrN2S. The monoisotopic (exact) mass is 370 g/mol. The van der Waals surface area contributed by atoms with Crippen LogP contribution in [0, 0.1) is 5.92 Å². The molecule has 2 fully saturated rings. The summed E-state index contributed by atoms with van der Waals surface area (Å²) in [7, 11) is 0. The number of rotatable bonds is 3. The highest BCUT2D eigenvalue weighted by Gasteiger charge is 2.37. The third kappa shape index (κ3) is 3.90. The van der Waals surface area contributed by atoms with Gasteiger partial charge >= 0.3 is 0 Å². The van der Waals surface area contributed by atoms with E-state index < -0.39 is 0 Å². The Labute approximate surface area is 141 Å². The second-order valence-corrected chi connectivity index (χ2v) is 9.18. The highest BCUT2D eigenvalue weighted by molar-refractivity contribution is 9.10. The minimum atomic E-state index is 0.231. The van der Waals surface area contributed by atoms with Crippen LogP contribution in [0.2, 0.25) is 0 Å². The van der Waals surface area contributed by atoms with Crippen LogP contribution in [0.15, 0.2) is 15.9 Å². The Hall–Kier alpha value is 0.1000. The third-order valence-electron chi connectivity index (χ3n) is 5.09. The lowest BCUT2D eigenvalue weighted by Crippen LogP contribution is -2.63. The van der Waals surface area contributed by atoms with Crippen LogP contribution in [0.25, 0.3) is 0 Å². The molecule has 118 valence electrons. The summed E-state index contributed by atoms with van der Waals surface area (Å²) >= 11 is 5.59. The van der Waals surface area contributed by atoms with Crippen LogP contribution in [0.3, 0.4) is 0 Å². The van der Waals surface area contributed by atoms with E-state index in [1.54, 1.807) is 0 Å². The highest BCUT2D eigenvalue weighted by atomic mass is 79.9. The molecule has 1 aromatic rings. The standard InChI is InChI=1S/C17H27BrN2S/c1-17(2)12-20(11-16-14(18)8-9-21-16)15(10-19-17)13-6-4-3-5-7-13/h8-9,13,15,19H,3-7,10-12H2,1-2H3. The molecule has 21 heavy (non-hydrogen) atoms. The molecule has 4 heteroatoms. The molecule has 1 saturated heterocycles. The quantitative estimate of drug-likeness (QED) is 0.833. The van der Waals surface area contributed by atoms with Crippen molar-refractivity contribution in [2.45, 2.75) is 64.1 Å². The average molecular weight is 371 g/mol. The third-order valence-corrected chi connectivity index (χ3v) is 7.00. The predicted octanol–water partition coefficient (Wildman–Crippen LogP) is 4.64. The summed E-state index contributed by atoms with van der Waals surface area (Å²) in [6, 6.07) is 2.90. The Bertz CT molecular complexity index is 465. The molecule has 2 heterocycles. The van der Waals surface area contributed by atoms with Gasteiger partial charge in [-0.15, -0.1) is 11.3 Å². The molecule has 1 atom stereocenters. The van der Waals surface area contributed by atoms with E-state index in [0.29, 0.717) is 6.04 Å². The lowest BCUT2D eigenvalue weighted by molar-refractivity contribution is 0.0425. The first-order chi connectivity index (χ1) is 10.1. The summed E-state index contributed by atoms with van der Waals surface area (Å²) in [5.41, 5.74) is 0.231. The lowest BCUT2D eigenvalue weighted by atomic mass is 9.81. The molecule has 0 bridgehead atoms. The molecule has 0 spiro atoms. The number of nitrogens with zero attached hydrogens (tertiary/aromatic N) is 1. The first kappa shape index (κ1) is 16.0. The Balaban J connectivity index is 1.75. The van der Waals surface area contributed by atoms with E-state index in [2.05, 4.69) is 51.4 Å². The molecule has 1 N–H and O–H groups in total. The van der Waals surface area contributed by atoms with Gasteiger partial charge in [-0.2, -0.15) is 0 Å². The van der Waals surface area contributed by atoms with Crippen molar-refractivity contribution in [3.63, 3.8) is 0 Å². The maximum absolute atomic E-state index is 3.78. The smallest absolute Gasteiger partial charge is 0.0343 e. The minimum absolute atomic E-state index is 0.231. The van der Waals surface area contributed by atoms with Crippen LogP contribution in [-0.2, 0) is 6.54 Å². The second kappa shape index (κ2) is 6.69. The fraction of sp³-hybridized carbons (Fsp3) is 0.765. The zero-order valence-corrected chi connectivity index (χ0v) is 15.6. The van der Waals surface area contributed by atoms with Crippen molar-refractivity contribution in [3.05, 3.63) is 20.8 Å². The summed E-state index contributed by atoms with van der Waals surface area (Å²) in [6.45, 7) is 8.07. The molecule has 0 amide bonds. The van der Waals surface area contributed by atoms with E-state index in [9.17, 15) is 0 Å². The summed E-state index contributed by atoms with van der Waals surface area (Å²) in [6.07, 6.45) is 7.16. The van der Waals surface area contributed by atoms with Crippen molar-refractivity contribution in [1.29, 1.82) is 0 Å². The van der Waals surface area contributed by atoms with Crippen LogP contribution in [0.1, 0.15) is 50.8 Å². The normalized spacial score (nSPS) is 27.9. The highest BCUT2D eigenvalue weighted by Crippen LogP contribution is 2.34. The molecule has 1 aliphatic carbocycles. The van der Waals surface area contributed by atoms with E-state index in [4.69, 9.17) is 0 Å². The van der Waals surface area contributed by atoms with Crippen molar-refractivity contribution in [2.75, 3.05) is 13.1 Å². The van der Waals surface area contributed by atoms with Crippen LogP contribution in [-0.4, -0.2) is 29.6 Å². The Morgan fingerprint density at radius 3 is 2.76 bits per heavy atom. The number of hydrogen-bond donors (Lipinski definition) is 1. The molecule has 2 nitrogen and oxygen atoms in total. The van der Waals surface area contributed by atoms with Gasteiger partial charge in [-0.1, -0.05) is 19.3 Å². The van der Waals surface area contributed by atoms with Gasteiger partial charge in [-0.05, 0) is 60.0 Å². The van der Waals surface area contributed by atoms with Gasteiger partial charge < -0.3 is 5.32 Å². The van der Waals surface area contributed by atoms with E-state index in [1.807, 2.05) is 11.3 Å². The number of halogens is 1. The molecule has 1 unspecified atom stereocenters. The Kier molecular flexibility index (Phi) is 5.09. The maximum Gasteiger partial charge on any atom is 0.0343 e. The fourth-order valence-electron chi connectivity index (χ4n) is 3.97. The number of nitrogens with one attached hydrogen (secondary N) is 1. The maximum atomic E-state index is 3.78. The predicted molar refractivity (Wildman–Crippen MR) is 94.9 cm³/mol. The van der Waals surface area contributed by atoms with Gasteiger partial charge in [0.25, 0.3) is 0 Å². The van der Waals surface area contributed by atoms with Gasteiger partial charge in [0.15, 0.2) is 0 Å². The molecule has 0 aromatic carbocycles. The average Bonchev–Trinajstić information content (AvgIpc) is 2.85. The fourth-order valence-corrected chi connectivity index (χ4v) is 5.47. The summed E-state index contributed by atoms with van der Waals surface area (Å²) in [5.74, 6) is 0.890. The molecular weight excluding hydrogens is 344 g/mol. The molecule has 0 radical (unpaired) electrons. The SMILES string of the molecule is CC1(C)CN(Cc2sccc2Br)C(C2CCCCC2)CN1. The molecule has 1 aliphatic heterocycles. The number of piperazine rings is 1. The van der Waals surface area contributed by atoms with Gasteiger partial charge in [0.1, 0.15) is 0 Å². The zero-order valence-electron chi connectivity index (χ0n) is 13.2. The Morgan fingerprint density at radius 1 is 1.33 bits per heavy atom. The van der Waals surface area contributed by atoms with Gasteiger partial charge in [0.05, 0.1) is 0 Å². The zero-order chi connectivity index (χ0) is 14.9. The van der Waals surface area contributed by atoms with Gasteiger partial charge in [-0.3, -0.25) is 4.90 Å². The van der Waals surface area contributed by atoms with Gasteiger partial charge in [0, 0.05) is 40.6 Å². The van der Waals surface area contributed by atoms with Crippen molar-refractivity contribution in [2.24, 2.45) is 5.92 Å². The van der Waals surface area contributed by atoms with Crippen LogP contribution in [0.4, 0.5) is 0 Å². The van der Waals surface area contributed by atoms with Crippen LogP contribution in [0.5, 0.6) is 0 Å². The number of thiophene rings is 1. The molecule has 3 rings (SSSR count). The van der Waals surface area contributed by atoms with Crippen molar-refractivity contribution < 1.29 is 0 Å². The molecule has 1 saturated carbocycles. The number of hydrogen-bond acceptors (Lipinski definition) is 3. The van der Waals surface area contributed by atoms with Gasteiger partial charge in [0.2, 0.25) is 0 Å². The summed E-state index contributed by atoms with van der Waals surface area (Å²) in [4.78, 5) is 4.23. The minimum Gasteiger partial charge on any atom is -0.309 e. The summed E-state index contributed by atoms with van der Waals surface area (Å²) < 4.78 is 1.28. The van der Waals surface area contributed by atoms with E-state index in [1.165, 1.54) is 41.5 Å². The lowest BCUT2D eigenvalue weighted by Gasteiger charge is -2.48. The second-order valence-electron chi connectivity index (χ2n) is 7.33. The topological polar surface area (TPSA) is 15.3 Å². The van der Waals surface area contributed by atoms with Crippen molar-refractivity contribution in [3.8, 4) is 0 Å². The van der Waals surface area contributed by atoms with E-state index in [0.717, 1.165) is 25.6 Å². The Morgan fingerprint density at radius 2 is 2.10 bits per heavy atom. The molecule has 1 aromatic heterocycles. The summed E-state index contributed by atoms with van der Waals surface area (Å²) in [5, 5.41) is 5.98. The van der Waals surface area contributed by atoms with Crippen LogP contribution < -0.4 is 5.32 Å². The van der Waals surface area contributed by atoms with E-state index >= 15 is 0 Å². The van der Waals surface area contributed by atoms with E-state index in [-0.39, 0.29) is 5.54 Å². The van der Waals surface area contributed by atoms with Crippen molar-refractivity contribution in [1.82, 2.24) is 10.2 Å².